The van der Waals surface area contributed by atoms with Crippen molar-refractivity contribution in [1.82, 2.24) is 10.2 Å². The van der Waals surface area contributed by atoms with E-state index in [0.717, 1.165) is 39.1 Å². The van der Waals surface area contributed by atoms with Gasteiger partial charge in [0.15, 0.2) is 18.1 Å². The topological polar surface area (TPSA) is 60.0 Å². The molecule has 6 heteroatoms. The van der Waals surface area contributed by atoms with Gasteiger partial charge in [0.1, 0.15) is 0 Å². The summed E-state index contributed by atoms with van der Waals surface area (Å²) in [4.78, 5) is 14.4. The van der Waals surface area contributed by atoms with Gasteiger partial charge in [0.05, 0.1) is 13.7 Å². The Morgan fingerprint density at radius 1 is 1.21 bits per heavy atom. The molecule has 1 N–H and O–H groups in total. The lowest BCUT2D eigenvalue weighted by atomic mass is 9.97. The number of hydrogen-bond acceptors (Lipinski definition) is 5. The van der Waals surface area contributed by atoms with Gasteiger partial charge in [-0.2, -0.15) is 0 Å². The van der Waals surface area contributed by atoms with E-state index in [4.69, 9.17) is 14.2 Å². The van der Waals surface area contributed by atoms with Crippen molar-refractivity contribution >= 4 is 5.91 Å². The van der Waals surface area contributed by atoms with E-state index in [1.54, 1.807) is 20.3 Å². The van der Waals surface area contributed by atoms with E-state index in [-0.39, 0.29) is 12.5 Å². The molecule has 2 rings (SSSR count). The molecule has 0 spiro atoms. The van der Waals surface area contributed by atoms with Crippen LogP contribution in [0.4, 0.5) is 0 Å². The summed E-state index contributed by atoms with van der Waals surface area (Å²) < 4.78 is 15.8. The zero-order chi connectivity index (χ0) is 17.2. The molecular formula is C18H28N2O4. The fourth-order valence-electron chi connectivity index (χ4n) is 2.83. The number of para-hydroxylation sites is 2. The highest BCUT2D eigenvalue weighted by Crippen LogP contribution is 2.25. The van der Waals surface area contributed by atoms with Crippen molar-refractivity contribution in [2.24, 2.45) is 5.92 Å². The number of nitrogens with one attached hydrogen (secondary N) is 1. The number of carbonyl (C=O) groups is 1. The smallest absolute Gasteiger partial charge is 0.257 e. The molecule has 1 aliphatic heterocycles. The molecule has 24 heavy (non-hydrogen) atoms. The highest BCUT2D eigenvalue weighted by atomic mass is 16.5. The van der Waals surface area contributed by atoms with Crippen LogP contribution in [0, 0.1) is 5.92 Å². The Bertz CT molecular complexity index is 502. The highest BCUT2D eigenvalue weighted by molar-refractivity contribution is 5.77. The summed E-state index contributed by atoms with van der Waals surface area (Å²) in [6.07, 6.45) is 2.22. The van der Waals surface area contributed by atoms with Crippen LogP contribution in [0.25, 0.3) is 0 Å². The van der Waals surface area contributed by atoms with Crippen molar-refractivity contribution in [1.29, 1.82) is 0 Å². The van der Waals surface area contributed by atoms with Gasteiger partial charge in [0.25, 0.3) is 5.91 Å². The fourth-order valence-corrected chi connectivity index (χ4v) is 2.83. The number of carbonyl (C=O) groups excluding carboxylic acids is 1. The van der Waals surface area contributed by atoms with E-state index in [0.29, 0.717) is 24.0 Å². The van der Waals surface area contributed by atoms with Crippen molar-refractivity contribution < 1.29 is 19.0 Å². The van der Waals surface area contributed by atoms with Crippen molar-refractivity contribution in [2.75, 3.05) is 53.6 Å². The summed E-state index contributed by atoms with van der Waals surface area (Å²) in [6.45, 7) is 4.63. The van der Waals surface area contributed by atoms with Gasteiger partial charge in [-0.15, -0.1) is 0 Å². The Kier molecular flexibility index (Phi) is 7.85. The Balaban J connectivity index is 1.63. The second-order valence-corrected chi connectivity index (χ2v) is 6.02. The van der Waals surface area contributed by atoms with Crippen LogP contribution in [0.1, 0.15) is 12.8 Å². The fraction of sp³-hybridized carbons (Fsp3) is 0.611. The molecule has 1 aromatic rings. The van der Waals surface area contributed by atoms with Crippen molar-refractivity contribution in [2.45, 2.75) is 12.8 Å². The number of likely N-dealkylation sites (tertiary alicyclic amines) is 1. The zero-order valence-corrected chi connectivity index (χ0v) is 14.6. The zero-order valence-electron chi connectivity index (χ0n) is 14.6. The summed E-state index contributed by atoms with van der Waals surface area (Å²) in [6, 6.07) is 7.32. The second kappa shape index (κ2) is 10.2. The molecule has 0 aromatic heterocycles. The molecule has 6 nitrogen and oxygen atoms in total. The average Bonchev–Trinajstić information content (AvgIpc) is 2.64. The standard InChI is InChI=1S/C18H28N2O4/c1-22-12-11-20-9-7-15(8-10-20)13-19-18(21)14-24-17-6-4-3-5-16(17)23-2/h3-6,15H,7-14H2,1-2H3,(H,19,21). The second-order valence-electron chi connectivity index (χ2n) is 6.02. The number of rotatable bonds is 9. The SMILES string of the molecule is COCCN1CCC(CNC(=O)COc2ccccc2OC)CC1. The molecule has 0 aliphatic carbocycles. The van der Waals surface area contributed by atoms with Gasteiger partial charge in [-0.05, 0) is 44.0 Å². The molecule has 0 atom stereocenters. The van der Waals surface area contributed by atoms with Crippen LogP contribution in [0.2, 0.25) is 0 Å². The van der Waals surface area contributed by atoms with Crippen molar-refractivity contribution in [3.05, 3.63) is 24.3 Å². The minimum atomic E-state index is -0.0947. The third-order valence-electron chi connectivity index (χ3n) is 4.33. The number of benzene rings is 1. The molecule has 134 valence electrons. The number of methoxy groups -OCH3 is 2. The molecule has 1 amide bonds. The molecule has 1 aromatic carbocycles. The molecule has 0 bridgehead atoms. The minimum Gasteiger partial charge on any atom is -0.493 e. The largest absolute Gasteiger partial charge is 0.493 e. The maximum Gasteiger partial charge on any atom is 0.257 e. The lowest BCUT2D eigenvalue weighted by Crippen LogP contribution is -2.40. The molecule has 0 saturated carbocycles. The maximum absolute atomic E-state index is 12.0. The lowest BCUT2D eigenvalue weighted by Gasteiger charge is -2.31. The van der Waals surface area contributed by atoms with Gasteiger partial charge in [-0.25, -0.2) is 0 Å². The van der Waals surface area contributed by atoms with Gasteiger partial charge >= 0.3 is 0 Å². The normalized spacial score (nSPS) is 15.9. The van der Waals surface area contributed by atoms with Gasteiger partial charge < -0.3 is 24.4 Å². The first-order chi connectivity index (χ1) is 11.7. The molecular weight excluding hydrogens is 308 g/mol. The first-order valence-electron chi connectivity index (χ1n) is 8.46. The maximum atomic E-state index is 12.0. The highest BCUT2D eigenvalue weighted by Gasteiger charge is 2.19. The van der Waals surface area contributed by atoms with Gasteiger partial charge in [-0.1, -0.05) is 12.1 Å². The Labute approximate surface area is 144 Å². The number of ether oxygens (including phenoxy) is 3. The molecule has 0 radical (unpaired) electrons. The Morgan fingerprint density at radius 2 is 1.92 bits per heavy atom. The van der Waals surface area contributed by atoms with Crippen LogP contribution >= 0.6 is 0 Å². The predicted octanol–water partition coefficient (Wildman–Crippen LogP) is 1.55. The summed E-state index contributed by atoms with van der Waals surface area (Å²) in [5.41, 5.74) is 0. The van der Waals surface area contributed by atoms with E-state index in [1.165, 1.54) is 0 Å². The number of hydrogen-bond donors (Lipinski definition) is 1. The Hall–Kier alpha value is -1.79. The van der Waals surface area contributed by atoms with E-state index in [1.807, 2.05) is 18.2 Å². The van der Waals surface area contributed by atoms with Crippen molar-refractivity contribution in [3.63, 3.8) is 0 Å². The lowest BCUT2D eigenvalue weighted by molar-refractivity contribution is -0.123. The summed E-state index contributed by atoms with van der Waals surface area (Å²) in [7, 11) is 3.32. The van der Waals surface area contributed by atoms with Crippen LogP contribution < -0.4 is 14.8 Å². The first kappa shape index (κ1) is 18.5. The van der Waals surface area contributed by atoms with Crippen LogP contribution in [-0.2, 0) is 9.53 Å². The summed E-state index contributed by atoms with van der Waals surface area (Å²) >= 11 is 0. The van der Waals surface area contributed by atoms with Crippen molar-refractivity contribution in [3.8, 4) is 11.5 Å². The minimum absolute atomic E-state index is 0.00700. The van der Waals surface area contributed by atoms with E-state index < -0.39 is 0 Å². The van der Waals surface area contributed by atoms with Gasteiger partial charge in [0, 0.05) is 20.2 Å². The van der Waals surface area contributed by atoms with E-state index in [2.05, 4.69) is 10.2 Å². The molecule has 1 fully saturated rings. The van der Waals surface area contributed by atoms with Crippen LogP contribution in [0.3, 0.4) is 0 Å². The third kappa shape index (κ3) is 6.02. The predicted molar refractivity (Wildman–Crippen MR) is 92.5 cm³/mol. The number of amides is 1. The summed E-state index contributed by atoms with van der Waals surface area (Å²) in [5.74, 6) is 1.66. The number of piperidine rings is 1. The quantitative estimate of drug-likeness (QED) is 0.741. The van der Waals surface area contributed by atoms with Gasteiger partial charge in [-0.3, -0.25) is 4.79 Å². The summed E-state index contributed by atoms with van der Waals surface area (Å²) in [5, 5.41) is 2.97. The molecule has 1 heterocycles. The first-order valence-corrected chi connectivity index (χ1v) is 8.46. The van der Waals surface area contributed by atoms with Crippen LogP contribution in [0.5, 0.6) is 11.5 Å². The molecule has 1 saturated heterocycles. The third-order valence-corrected chi connectivity index (χ3v) is 4.33. The van der Waals surface area contributed by atoms with Gasteiger partial charge in [0.2, 0.25) is 0 Å². The molecule has 0 unspecified atom stereocenters. The van der Waals surface area contributed by atoms with Crippen LogP contribution in [0.15, 0.2) is 24.3 Å². The van der Waals surface area contributed by atoms with E-state index in [9.17, 15) is 4.79 Å². The monoisotopic (exact) mass is 336 g/mol. The van der Waals surface area contributed by atoms with E-state index >= 15 is 0 Å². The average molecular weight is 336 g/mol. The van der Waals surface area contributed by atoms with Crippen LogP contribution in [-0.4, -0.2) is 64.4 Å². The Morgan fingerprint density at radius 3 is 2.58 bits per heavy atom. The molecule has 1 aliphatic rings. The number of nitrogens with zero attached hydrogens (tertiary/aromatic N) is 1.